The molecule has 1 heterocycles. The zero-order chi connectivity index (χ0) is 27.7. The maximum atomic E-state index is 12.9. The van der Waals surface area contributed by atoms with Gasteiger partial charge in [0.2, 0.25) is 0 Å². The van der Waals surface area contributed by atoms with E-state index in [4.69, 9.17) is 29.9 Å². The zero-order valence-electron chi connectivity index (χ0n) is 20.9. The minimum Gasteiger partial charge on any atom is -0.478 e. The Hall–Kier alpha value is -4.81. The topological polar surface area (TPSA) is 183 Å². The van der Waals surface area contributed by atoms with Gasteiger partial charge in [-0.3, -0.25) is 4.79 Å². The molecule has 3 rings (SSSR count). The van der Waals surface area contributed by atoms with Gasteiger partial charge in [-0.15, -0.1) is 0 Å². The Kier molecular flexibility index (Phi) is 9.46. The lowest BCUT2D eigenvalue weighted by Crippen LogP contribution is -2.30. The molecule has 38 heavy (non-hydrogen) atoms. The van der Waals surface area contributed by atoms with Crippen molar-refractivity contribution in [3.8, 4) is 11.5 Å². The molecular weight excluding hydrogens is 500 g/mol. The third-order valence-corrected chi connectivity index (χ3v) is 5.43. The molecule has 1 aliphatic heterocycles. The van der Waals surface area contributed by atoms with Gasteiger partial charge in [0.15, 0.2) is 30.5 Å². The molecule has 0 bridgehead atoms. The van der Waals surface area contributed by atoms with Crippen LogP contribution in [0.15, 0.2) is 46.7 Å². The van der Waals surface area contributed by atoms with Crippen LogP contribution in [0.2, 0.25) is 0 Å². The van der Waals surface area contributed by atoms with E-state index < -0.39 is 25.2 Å². The first kappa shape index (κ1) is 27.8. The lowest BCUT2D eigenvalue weighted by atomic mass is 10.1. The van der Waals surface area contributed by atoms with Crippen LogP contribution >= 0.6 is 0 Å². The van der Waals surface area contributed by atoms with Crippen molar-refractivity contribution >= 4 is 29.4 Å². The molecule has 0 saturated heterocycles. The fourth-order valence-corrected chi connectivity index (χ4v) is 3.69. The number of rotatable bonds is 12. The minimum absolute atomic E-state index is 0.0662. The predicted molar refractivity (Wildman–Crippen MR) is 133 cm³/mol. The van der Waals surface area contributed by atoms with Gasteiger partial charge in [-0.2, -0.15) is 0 Å². The molecule has 0 aromatic heterocycles. The summed E-state index contributed by atoms with van der Waals surface area (Å²) in [7, 11) is 0. The van der Waals surface area contributed by atoms with Gasteiger partial charge in [0.05, 0.1) is 19.8 Å². The van der Waals surface area contributed by atoms with Crippen LogP contribution in [0.3, 0.4) is 0 Å². The van der Waals surface area contributed by atoms with Gasteiger partial charge in [-0.05, 0) is 49.7 Å². The molecule has 0 aliphatic carbocycles. The molecule has 0 radical (unpaired) electrons. The molecule has 4 N–H and O–H groups in total. The van der Waals surface area contributed by atoms with Gasteiger partial charge < -0.3 is 40.0 Å². The Balaban J connectivity index is 1.81. The molecular formula is C25H28N4O9. The fraction of sp³-hybridized carbons (Fsp3) is 0.320. The van der Waals surface area contributed by atoms with E-state index in [0.717, 1.165) is 0 Å². The highest BCUT2D eigenvalue weighted by molar-refractivity contribution is 6.07. The van der Waals surface area contributed by atoms with Crippen molar-refractivity contribution in [1.82, 2.24) is 4.90 Å². The maximum absolute atomic E-state index is 12.9. The molecule has 13 nitrogen and oxygen atoms in total. The van der Waals surface area contributed by atoms with Crippen LogP contribution in [0.4, 0.5) is 0 Å². The third-order valence-electron chi connectivity index (χ3n) is 5.43. The number of nitrogens with zero attached hydrogens (tertiary/aromatic N) is 3. The average Bonchev–Trinajstić information content (AvgIpc) is 3.23. The summed E-state index contributed by atoms with van der Waals surface area (Å²) in [5.74, 6) is -1.36. The third kappa shape index (κ3) is 6.69. The van der Waals surface area contributed by atoms with E-state index >= 15 is 0 Å². The molecule has 2 aromatic rings. The molecule has 1 amide bonds. The van der Waals surface area contributed by atoms with E-state index in [1.165, 1.54) is 17.0 Å². The molecule has 0 fully saturated rings. The number of esters is 2. The van der Waals surface area contributed by atoms with E-state index in [-0.39, 0.29) is 55.3 Å². The van der Waals surface area contributed by atoms with Crippen molar-refractivity contribution in [2.24, 2.45) is 16.0 Å². The Labute approximate surface area is 218 Å². The van der Waals surface area contributed by atoms with Gasteiger partial charge in [0.1, 0.15) is 5.71 Å². The zero-order valence-corrected chi connectivity index (χ0v) is 20.9. The number of ether oxygens (including phenoxy) is 4. The summed E-state index contributed by atoms with van der Waals surface area (Å²) >= 11 is 0. The summed E-state index contributed by atoms with van der Waals surface area (Å²) in [6.45, 7) is 2.99. The minimum atomic E-state index is -0.614. The van der Waals surface area contributed by atoms with Crippen LogP contribution in [-0.4, -0.2) is 77.7 Å². The van der Waals surface area contributed by atoms with E-state index in [9.17, 15) is 19.6 Å². The van der Waals surface area contributed by atoms with Crippen LogP contribution in [0.25, 0.3) is 0 Å². The van der Waals surface area contributed by atoms with Crippen molar-refractivity contribution in [2.45, 2.75) is 20.4 Å². The van der Waals surface area contributed by atoms with Crippen LogP contribution in [0.5, 0.6) is 11.5 Å². The standard InChI is InChI=1S/C25H28N4O9/c1-3-35-22(30)13-37-20-8-6-15(10-21(20)38-14-23(31)36-4-2)19(27-33)12-29-11-17-9-16(24(26)28-34)5-7-18(17)25(29)32/h5-10,33-34H,3-4,11-14H2,1-2H3,(H2,26,28)/b27-19+. The van der Waals surface area contributed by atoms with Gasteiger partial charge in [-0.1, -0.05) is 16.4 Å². The molecule has 2 aromatic carbocycles. The van der Waals surface area contributed by atoms with Gasteiger partial charge in [0, 0.05) is 23.2 Å². The molecule has 0 unspecified atom stereocenters. The van der Waals surface area contributed by atoms with Crippen LogP contribution in [0.1, 0.15) is 40.9 Å². The first-order valence-electron chi connectivity index (χ1n) is 11.6. The molecule has 0 saturated carbocycles. The second-order valence-corrected chi connectivity index (χ2v) is 7.91. The van der Waals surface area contributed by atoms with E-state index in [1.807, 2.05) is 0 Å². The number of nitrogens with two attached hydrogens (primary N) is 1. The van der Waals surface area contributed by atoms with Gasteiger partial charge >= 0.3 is 11.9 Å². The number of amides is 1. The largest absolute Gasteiger partial charge is 0.478 e. The Morgan fingerprint density at radius 3 is 2.16 bits per heavy atom. The second-order valence-electron chi connectivity index (χ2n) is 7.91. The van der Waals surface area contributed by atoms with Crippen molar-refractivity contribution in [2.75, 3.05) is 33.0 Å². The van der Waals surface area contributed by atoms with Crippen molar-refractivity contribution in [3.05, 3.63) is 58.7 Å². The highest BCUT2D eigenvalue weighted by Crippen LogP contribution is 2.30. The summed E-state index contributed by atoms with van der Waals surface area (Å²) in [6, 6.07) is 9.28. The van der Waals surface area contributed by atoms with Crippen molar-refractivity contribution < 1.29 is 43.7 Å². The molecule has 1 aliphatic rings. The summed E-state index contributed by atoms with van der Waals surface area (Å²) in [6.07, 6.45) is 0. The fourth-order valence-electron chi connectivity index (χ4n) is 3.69. The molecule has 202 valence electrons. The van der Waals surface area contributed by atoms with Gasteiger partial charge in [-0.25, -0.2) is 9.59 Å². The molecule has 0 atom stereocenters. The first-order valence-corrected chi connectivity index (χ1v) is 11.6. The predicted octanol–water partition coefficient (Wildman–Crippen LogP) is 1.50. The van der Waals surface area contributed by atoms with Crippen molar-refractivity contribution in [1.29, 1.82) is 0 Å². The quantitative estimate of drug-likeness (QED) is 0.120. The van der Waals surface area contributed by atoms with Gasteiger partial charge in [0.25, 0.3) is 5.91 Å². The maximum Gasteiger partial charge on any atom is 0.344 e. The number of carbonyl (C=O) groups is 3. The lowest BCUT2D eigenvalue weighted by molar-refractivity contribution is -0.146. The van der Waals surface area contributed by atoms with E-state index in [1.54, 1.807) is 38.1 Å². The summed E-state index contributed by atoms with van der Waals surface area (Å²) in [4.78, 5) is 37.9. The number of oxime groups is 2. The van der Waals surface area contributed by atoms with Crippen LogP contribution in [-0.2, 0) is 25.6 Å². The number of hydrogen-bond donors (Lipinski definition) is 3. The molecule has 13 heteroatoms. The van der Waals surface area contributed by atoms with E-state index in [2.05, 4.69) is 10.3 Å². The number of hydrogen-bond acceptors (Lipinski definition) is 11. The average molecular weight is 529 g/mol. The number of benzene rings is 2. The Bertz CT molecular complexity index is 1260. The summed E-state index contributed by atoms with van der Waals surface area (Å²) in [5, 5.41) is 25.0. The van der Waals surface area contributed by atoms with Crippen molar-refractivity contribution in [3.63, 3.8) is 0 Å². The van der Waals surface area contributed by atoms with E-state index in [0.29, 0.717) is 22.3 Å². The number of amidine groups is 1. The highest BCUT2D eigenvalue weighted by atomic mass is 16.6. The van der Waals surface area contributed by atoms with Crippen LogP contribution < -0.4 is 15.2 Å². The highest BCUT2D eigenvalue weighted by Gasteiger charge is 2.29. The first-order chi connectivity index (χ1) is 18.3. The lowest BCUT2D eigenvalue weighted by Gasteiger charge is -2.18. The Morgan fingerprint density at radius 2 is 1.55 bits per heavy atom. The summed E-state index contributed by atoms with van der Waals surface area (Å²) in [5.41, 5.74) is 7.71. The molecule has 0 spiro atoms. The number of carbonyl (C=O) groups excluding carboxylic acids is 3. The summed E-state index contributed by atoms with van der Waals surface area (Å²) < 4.78 is 20.8. The SMILES string of the molecule is CCOC(=O)COc1ccc(/C(CN2Cc3cc(C(N)=NO)ccc3C2=O)=N/O)cc1OCC(=O)OCC. The normalized spacial score (nSPS) is 13.2. The second kappa shape index (κ2) is 12.9. The Morgan fingerprint density at radius 1 is 0.921 bits per heavy atom. The smallest absolute Gasteiger partial charge is 0.344 e. The number of fused-ring (bicyclic) bond motifs is 1. The monoisotopic (exact) mass is 528 g/mol. The van der Waals surface area contributed by atoms with Crippen LogP contribution in [0, 0.1) is 0 Å².